The maximum absolute atomic E-state index is 6.09. The van der Waals surface area contributed by atoms with E-state index in [9.17, 15) is 0 Å². The Hall–Kier alpha value is -0.520. The highest BCUT2D eigenvalue weighted by molar-refractivity contribution is 7.05. The van der Waals surface area contributed by atoms with Crippen LogP contribution in [-0.4, -0.2) is 33.9 Å². The molecule has 0 bridgehead atoms. The first-order valence-corrected chi connectivity index (χ1v) is 5.17. The van der Waals surface area contributed by atoms with Crippen LogP contribution in [0.5, 0.6) is 0 Å². The van der Waals surface area contributed by atoms with E-state index in [1.54, 1.807) is 6.33 Å². The molecule has 0 aromatic carbocycles. The molecule has 72 valence electrons. The van der Waals surface area contributed by atoms with Crippen LogP contribution in [0, 0.1) is 0 Å². The van der Waals surface area contributed by atoms with Crippen LogP contribution in [0.2, 0.25) is 0 Å². The zero-order valence-corrected chi connectivity index (χ0v) is 8.71. The van der Waals surface area contributed by atoms with E-state index in [0.29, 0.717) is 0 Å². The van der Waals surface area contributed by atoms with Crippen molar-refractivity contribution in [2.24, 2.45) is 5.73 Å². The van der Waals surface area contributed by atoms with Crippen LogP contribution < -0.4 is 5.73 Å². The first-order chi connectivity index (χ1) is 6.15. The first-order valence-electron chi connectivity index (χ1n) is 4.39. The zero-order valence-electron chi connectivity index (χ0n) is 7.90. The van der Waals surface area contributed by atoms with Gasteiger partial charge in [-0.25, -0.2) is 4.98 Å². The van der Waals surface area contributed by atoms with Gasteiger partial charge in [0.2, 0.25) is 0 Å². The molecule has 1 aliphatic rings. The molecule has 1 saturated heterocycles. The lowest BCUT2D eigenvalue weighted by molar-refractivity contribution is 0.180. The second-order valence-corrected chi connectivity index (χ2v) is 4.49. The molecule has 2 atom stereocenters. The van der Waals surface area contributed by atoms with E-state index < -0.39 is 0 Å². The van der Waals surface area contributed by atoms with Crippen LogP contribution in [0.25, 0.3) is 0 Å². The fourth-order valence-corrected chi connectivity index (χ4v) is 2.63. The van der Waals surface area contributed by atoms with Gasteiger partial charge in [-0.3, -0.25) is 4.90 Å². The largest absolute Gasteiger partial charge is 0.326 e. The molecule has 0 radical (unpaired) electrons. The number of aromatic nitrogens is 2. The SMILES string of the molecule is CN1CCC(N)C1(C)c1ncns1. The van der Waals surface area contributed by atoms with Crippen LogP contribution in [-0.2, 0) is 5.54 Å². The van der Waals surface area contributed by atoms with E-state index in [4.69, 9.17) is 5.73 Å². The van der Waals surface area contributed by atoms with Gasteiger partial charge in [0.15, 0.2) is 0 Å². The smallest absolute Gasteiger partial charge is 0.135 e. The van der Waals surface area contributed by atoms with Crippen molar-refractivity contribution >= 4 is 11.5 Å². The molecule has 13 heavy (non-hydrogen) atoms. The van der Waals surface area contributed by atoms with E-state index in [0.717, 1.165) is 18.0 Å². The Morgan fingerprint density at radius 1 is 1.77 bits per heavy atom. The average Bonchev–Trinajstić information content (AvgIpc) is 2.70. The second-order valence-electron chi connectivity index (χ2n) is 3.71. The summed E-state index contributed by atoms with van der Waals surface area (Å²) >= 11 is 1.44. The predicted molar refractivity (Wildman–Crippen MR) is 52.5 cm³/mol. The molecule has 0 aliphatic carbocycles. The molecule has 1 aliphatic heterocycles. The summed E-state index contributed by atoms with van der Waals surface area (Å²) in [6, 6.07) is 0.172. The third-order valence-corrected chi connectivity index (χ3v) is 3.98. The number of likely N-dealkylation sites (N-methyl/N-ethyl adjacent to an activating group) is 1. The summed E-state index contributed by atoms with van der Waals surface area (Å²) in [5, 5.41) is 1.03. The van der Waals surface area contributed by atoms with Crippen LogP contribution in [0.1, 0.15) is 18.4 Å². The summed E-state index contributed by atoms with van der Waals surface area (Å²) in [4.78, 5) is 6.52. The van der Waals surface area contributed by atoms with Gasteiger partial charge in [0.05, 0.1) is 5.54 Å². The highest BCUT2D eigenvalue weighted by atomic mass is 32.1. The lowest BCUT2D eigenvalue weighted by Crippen LogP contribution is -2.46. The van der Waals surface area contributed by atoms with Crippen LogP contribution in [0.4, 0.5) is 0 Å². The van der Waals surface area contributed by atoms with Crippen molar-refractivity contribution in [2.75, 3.05) is 13.6 Å². The van der Waals surface area contributed by atoms with Gasteiger partial charge in [0, 0.05) is 12.6 Å². The van der Waals surface area contributed by atoms with Crippen molar-refractivity contribution in [3.8, 4) is 0 Å². The molecule has 4 nitrogen and oxygen atoms in total. The molecule has 2 N–H and O–H groups in total. The van der Waals surface area contributed by atoms with Gasteiger partial charge in [0.1, 0.15) is 11.3 Å². The number of hydrogen-bond donors (Lipinski definition) is 1. The van der Waals surface area contributed by atoms with E-state index in [1.165, 1.54) is 11.5 Å². The fourth-order valence-electron chi connectivity index (χ4n) is 1.85. The van der Waals surface area contributed by atoms with E-state index >= 15 is 0 Å². The minimum atomic E-state index is -0.110. The highest BCUT2D eigenvalue weighted by Gasteiger charge is 2.44. The lowest BCUT2D eigenvalue weighted by atomic mass is 9.95. The number of likely N-dealkylation sites (tertiary alicyclic amines) is 1. The van der Waals surface area contributed by atoms with Crippen molar-refractivity contribution < 1.29 is 0 Å². The van der Waals surface area contributed by atoms with Gasteiger partial charge >= 0.3 is 0 Å². The van der Waals surface area contributed by atoms with Crippen LogP contribution in [0.3, 0.4) is 0 Å². The van der Waals surface area contributed by atoms with Crippen molar-refractivity contribution in [1.82, 2.24) is 14.3 Å². The summed E-state index contributed by atoms with van der Waals surface area (Å²) in [5.74, 6) is 0. The molecule has 1 fully saturated rings. The molecule has 2 heterocycles. The summed E-state index contributed by atoms with van der Waals surface area (Å²) in [6.07, 6.45) is 2.64. The average molecular weight is 198 g/mol. The van der Waals surface area contributed by atoms with Gasteiger partial charge in [-0.05, 0) is 31.9 Å². The maximum Gasteiger partial charge on any atom is 0.135 e. The van der Waals surface area contributed by atoms with Gasteiger partial charge in [0.25, 0.3) is 0 Å². The monoisotopic (exact) mass is 198 g/mol. The Morgan fingerprint density at radius 3 is 3.00 bits per heavy atom. The number of nitrogens with zero attached hydrogens (tertiary/aromatic N) is 3. The molecular formula is C8H14N4S. The highest BCUT2D eigenvalue weighted by Crippen LogP contribution is 2.36. The van der Waals surface area contributed by atoms with Gasteiger partial charge < -0.3 is 5.73 Å². The normalized spacial score (nSPS) is 35.5. The Labute approximate surface area is 81.9 Å². The Morgan fingerprint density at radius 2 is 2.54 bits per heavy atom. The molecule has 1 aromatic heterocycles. The van der Waals surface area contributed by atoms with Crippen LogP contribution >= 0.6 is 11.5 Å². The van der Waals surface area contributed by atoms with Gasteiger partial charge in [-0.1, -0.05) is 0 Å². The zero-order chi connectivity index (χ0) is 9.47. The summed E-state index contributed by atoms with van der Waals surface area (Å²) < 4.78 is 4.03. The molecular weight excluding hydrogens is 184 g/mol. The standard InChI is InChI=1S/C8H14N4S/c1-8(7-10-5-11-13-7)6(9)3-4-12(8)2/h5-6H,3-4,9H2,1-2H3. The van der Waals surface area contributed by atoms with Gasteiger partial charge in [-0.15, -0.1) is 0 Å². The topological polar surface area (TPSA) is 55.0 Å². The minimum Gasteiger partial charge on any atom is -0.326 e. The molecule has 0 spiro atoms. The molecule has 5 heteroatoms. The first kappa shape index (κ1) is 9.05. The van der Waals surface area contributed by atoms with E-state index in [1.807, 2.05) is 0 Å². The molecule has 2 unspecified atom stereocenters. The summed E-state index contributed by atoms with van der Waals surface area (Å²) in [6.45, 7) is 3.18. The number of hydrogen-bond acceptors (Lipinski definition) is 5. The Kier molecular flexibility index (Phi) is 2.09. The fraction of sp³-hybridized carbons (Fsp3) is 0.750. The Balaban J connectivity index is 2.38. The number of nitrogens with two attached hydrogens (primary N) is 1. The van der Waals surface area contributed by atoms with Crippen molar-refractivity contribution in [1.29, 1.82) is 0 Å². The van der Waals surface area contributed by atoms with E-state index in [2.05, 4.69) is 28.2 Å². The summed E-state index contributed by atoms with van der Waals surface area (Å²) in [7, 11) is 2.09. The van der Waals surface area contributed by atoms with Crippen LogP contribution in [0.15, 0.2) is 6.33 Å². The summed E-state index contributed by atoms with van der Waals surface area (Å²) in [5.41, 5.74) is 5.98. The minimum absolute atomic E-state index is 0.110. The third-order valence-electron chi connectivity index (χ3n) is 3.08. The molecule has 1 aromatic rings. The second kappa shape index (κ2) is 3.01. The third kappa shape index (κ3) is 1.19. The van der Waals surface area contributed by atoms with Crippen molar-refractivity contribution in [2.45, 2.75) is 24.9 Å². The molecule has 0 amide bonds. The van der Waals surface area contributed by atoms with Crippen molar-refractivity contribution in [3.63, 3.8) is 0 Å². The maximum atomic E-state index is 6.09. The van der Waals surface area contributed by atoms with Crippen molar-refractivity contribution in [3.05, 3.63) is 11.3 Å². The number of rotatable bonds is 1. The quantitative estimate of drug-likeness (QED) is 0.710. The van der Waals surface area contributed by atoms with Gasteiger partial charge in [-0.2, -0.15) is 4.37 Å². The van der Waals surface area contributed by atoms with E-state index in [-0.39, 0.29) is 11.6 Å². The lowest BCUT2D eigenvalue weighted by Gasteiger charge is -2.33. The Bertz CT molecular complexity index is 274. The molecule has 0 saturated carbocycles. The molecule has 2 rings (SSSR count). The predicted octanol–water partition coefficient (Wildman–Crippen LogP) is 0.416.